The second kappa shape index (κ2) is 5.47. The van der Waals surface area contributed by atoms with Crippen molar-refractivity contribution >= 4 is 11.6 Å². The average Bonchev–Trinajstić information content (AvgIpc) is 3.17. The zero-order chi connectivity index (χ0) is 13.8. The molecule has 1 amide bonds. The minimum atomic E-state index is -0.614. The standard InChI is InChI=1S/C12H12N6O2/c19-12(13-7-11-14-17-18-15-11)10-6-9(16-20-10)8-4-2-1-3-5-8/h1-5,10H,6-7H2,(H,13,19)(H,14,15,17,18). The molecule has 0 fully saturated rings. The van der Waals surface area contributed by atoms with E-state index >= 15 is 0 Å². The highest BCUT2D eigenvalue weighted by atomic mass is 16.6. The molecule has 2 N–H and O–H groups in total. The Balaban J connectivity index is 1.54. The summed E-state index contributed by atoms with van der Waals surface area (Å²) in [6, 6.07) is 9.63. The quantitative estimate of drug-likeness (QED) is 0.815. The van der Waals surface area contributed by atoms with Gasteiger partial charge in [-0.15, -0.1) is 10.2 Å². The number of amides is 1. The molecule has 0 spiro atoms. The van der Waals surface area contributed by atoms with Crippen molar-refractivity contribution in [1.29, 1.82) is 0 Å². The molecule has 8 nitrogen and oxygen atoms in total. The molecule has 1 aromatic carbocycles. The maximum absolute atomic E-state index is 11.9. The van der Waals surface area contributed by atoms with Crippen molar-refractivity contribution in [2.45, 2.75) is 19.1 Å². The molecule has 0 radical (unpaired) electrons. The molecule has 1 unspecified atom stereocenters. The monoisotopic (exact) mass is 272 g/mol. The fourth-order valence-corrected chi connectivity index (χ4v) is 1.86. The summed E-state index contributed by atoms with van der Waals surface area (Å²) >= 11 is 0. The Labute approximate surface area is 114 Å². The molecule has 0 saturated carbocycles. The van der Waals surface area contributed by atoms with E-state index in [-0.39, 0.29) is 12.5 Å². The maximum Gasteiger partial charge on any atom is 0.264 e. The molecule has 2 aromatic rings. The maximum atomic E-state index is 11.9. The second-order valence-electron chi connectivity index (χ2n) is 4.25. The van der Waals surface area contributed by atoms with Crippen molar-refractivity contribution in [3.8, 4) is 0 Å². The van der Waals surface area contributed by atoms with Gasteiger partial charge in [-0.3, -0.25) is 4.79 Å². The summed E-state index contributed by atoms with van der Waals surface area (Å²) in [4.78, 5) is 17.1. The number of hydrogen-bond acceptors (Lipinski definition) is 6. The van der Waals surface area contributed by atoms with Gasteiger partial charge >= 0.3 is 0 Å². The lowest BCUT2D eigenvalue weighted by atomic mass is 10.0. The van der Waals surface area contributed by atoms with E-state index in [9.17, 15) is 4.79 Å². The van der Waals surface area contributed by atoms with Gasteiger partial charge in [0.05, 0.1) is 12.3 Å². The summed E-state index contributed by atoms with van der Waals surface area (Å²) in [6.45, 7) is 0.204. The first-order chi connectivity index (χ1) is 9.83. The number of carbonyl (C=O) groups is 1. The van der Waals surface area contributed by atoms with Crippen LogP contribution in [0.1, 0.15) is 17.8 Å². The number of nitrogens with one attached hydrogen (secondary N) is 2. The van der Waals surface area contributed by atoms with Crippen LogP contribution in [0.25, 0.3) is 0 Å². The van der Waals surface area contributed by atoms with Crippen molar-refractivity contribution in [2.24, 2.45) is 5.16 Å². The van der Waals surface area contributed by atoms with Crippen LogP contribution in [-0.2, 0) is 16.2 Å². The Hall–Kier alpha value is -2.77. The number of aromatic nitrogens is 4. The number of H-pyrrole nitrogens is 1. The van der Waals surface area contributed by atoms with Gasteiger partial charge in [-0.1, -0.05) is 40.7 Å². The number of rotatable bonds is 4. The Bertz CT molecular complexity index is 610. The fraction of sp³-hybridized carbons (Fsp3) is 0.250. The van der Waals surface area contributed by atoms with Crippen LogP contribution in [0.4, 0.5) is 0 Å². The number of tetrazole rings is 1. The molecule has 1 aromatic heterocycles. The number of benzene rings is 1. The summed E-state index contributed by atoms with van der Waals surface area (Å²) in [6.07, 6.45) is -0.167. The molecule has 1 aliphatic rings. The van der Waals surface area contributed by atoms with Crippen LogP contribution < -0.4 is 5.32 Å². The normalized spacial score (nSPS) is 17.4. The highest BCUT2D eigenvalue weighted by Gasteiger charge is 2.28. The van der Waals surface area contributed by atoms with Gasteiger partial charge in [0.2, 0.25) is 6.10 Å². The molecule has 102 valence electrons. The van der Waals surface area contributed by atoms with Crippen LogP contribution in [0.2, 0.25) is 0 Å². The first-order valence-electron chi connectivity index (χ1n) is 6.11. The van der Waals surface area contributed by atoms with Crippen molar-refractivity contribution in [1.82, 2.24) is 25.9 Å². The molecular weight excluding hydrogens is 260 g/mol. The van der Waals surface area contributed by atoms with Crippen LogP contribution in [-0.4, -0.2) is 38.3 Å². The van der Waals surface area contributed by atoms with Gasteiger partial charge < -0.3 is 10.2 Å². The molecule has 1 atom stereocenters. The lowest BCUT2D eigenvalue weighted by Crippen LogP contribution is -2.34. The summed E-state index contributed by atoms with van der Waals surface area (Å²) in [5, 5.41) is 19.9. The number of oxime groups is 1. The van der Waals surface area contributed by atoms with E-state index in [2.05, 4.69) is 31.1 Å². The van der Waals surface area contributed by atoms with E-state index in [1.165, 1.54) is 0 Å². The summed E-state index contributed by atoms with van der Waals surface area (Å²) < 4.78 is 0. The number of carbonyl (C=O) groups excluding carboxylic acids is 1. The van der Waals surface area contributed by atoms with Gasteiger partial charge in [0.1, 0.15) is 0 Å². The number of aromatic amines is 1. The predicted molar refractivity (Wildman–Crippen MR) is 68.5 cm³/mol. The zero-order valence-corrected chi connectivity index (χ0v) is 10.5. The number of hydrogen-bond donors (Lipinski definition) is 2. The first kappa shape index (κ1) is 12.3. The lowest BCUT2D eigenvalue weighted by Gasteiger charge is -2.07. The Morgan fingerprint density at radius 2 is 2.25 bits per heavy atom. The fourth-order valence-electron chi connectivity index (χ4n) is 1.86. The predicted octanol–water partition coefficient (Wildman–Crippen LogP) is 0.00910. The summed E-state index contributed by atoms with van der Waals surface area (Å²) in [5.74, 6) is 0.171. The van der Waals surface area contributed by atoms with Gasteiger partial charge in [0, 0.05) is 6.42 Å². The molecular formula is C12H12N6O2. The first-order valence-corrected chi connectivity index (χ1v) is 6.11. The van der Waals surface area contributed by atoms with E-state index in [1.807, 2.05) is 30.3 Å². The molecule has 20 heavy (non-hydrogen) atoms. The molecule has 8 heteroatoms. The van der Waals surface area contributed by atoms with Gasteiger partial charge in [-0.25, -0.2) is 0 Å². The molecule has 0 aliphatic carbocycles. The lowest BCUT2D eigenvalue weighted by molar-refractivity contribution is -0.131. The molecule has 3 rings (SSSR count). The highest BCUT2D eigenvalue weighted by Crippen LogP contribution is 2.16. The Morgan fingerprint density at radius 1 is 1.40 bits per heavy atom. The zero-order valence-electron chi connectivity index (χ0n) is 10.5. The molecule has 0 saturated heterocycles. The largest absolute Gasteiger partial charge is 0.382 e. The SMILES string of the molecule is O=C(NCc1nn[nH]n1)C1CC(c2ccccc2)=NO1. The second-order valence-corrected chi connectivity index (χ2v) is 4.25. The van der Waals surface area contributed by atoms with Crippen molar-refractivity contribution in [3.05, 3.63) is 41.7 Å². The van der Waals surface area contributed by atoms with Gasteiger partial charge in [-0.05, 0) is 5.56 Å². The molecule has 2 heterocycles. The summed E-state index contributed by atoms with van der Waals surface area (Å²) in [7, 11) is 0. The molecule has 1 aliphatic heterocycles. The summed E-state index contributed by atoms with van der Waals surface area (Å²) in [5.41, 5.74) is 1.73. The van der Waals surface area contributed by atoms with E-state index in [0.29, 0.717) is 12.2 Å². The van der Waals surface area contributed by atoms with Crippen LogP contribution in [0.5, 0.6) is 0 Å². The highest BCUT2D eigenvalue weighted by molar-refractivity contribution is 6.03. The topological polar surface area (TPSA) is 105 Å². The Kier molecular flexibility index (Phi) is 3.36. The smallest absolute Gasteiger partial charge is 0.264 e. The van der Waals surface area contributed by atoms with Crippen LogP contribution >= 0.6 is 0 Å². The molecule has 0 bridgehead atoms. The van der Waals surface area contributed by atoms with Crippen LogP contribution in [0.15, 0.2) is 35.5 Å². The van der Waals surface area contributed by atoms with E-state index in [1.54, 1.807) is 0 Å². The van der Waals surface area contributed by atoms with Gasteiger partial charge in [-0.2, -0.15) is 5.21 Å². The minimum Gasteiger partial charge on any atom is -0.382 e. The Morgan fingerprint density at radius 3 is 3.00 bits per heavy atom. The third-order valence-electron chi connectivity index (χ3n) is 2.88. The van der Waals surface area contributed by atoms with Crippen molar-refractivity contribution in [3.63, 3.8) is 0 Å². The number of nitrogens with zero attached hydrogens (tertiary/aromatic N) is 4. The van der Waals surface area contributed by atoms with Gasteiger partial charge in [0.15, 0.2) is 5.82 Å². The van der Waals surface area contributed by atoms with Gasteiger partial charge in [0.25, 0.3) is 5.91 Å². The van der Waals surface area contributed by atoms with E-state index in [0.717, 1.165) is 11.3 Å². The van der Waals surface area contributed by atoms with Crippen LogP contribution in [0.3, 0.4) is 0 Å². The van der Waals surface area contributed by atoms with Crippen LogP contribution in [0, 0.1) is 0 Å². The van der Waals surface area contributed by atoms with Crippen molar-refractivity contribution < 1.29 is 9.63 Å². The van der Waals surface area contributed by atoms with E-state index in [4.69, 9.17) is 4.84 Å². The average molecular weight is 272 g/mol. The third kappa shape index (κ3) is 2.63. The van der Waals surface area contributed by atoms with E-state index < -0.39 is 6.10 Å². The third-order valence-corrected chi connectivity index (χ3v) is 2.88. The minimum absolute atomic E-state index is 0.204. The van der Waals surface area contributed by atoms with Crippen molar-refractivity contribution in [2.75, 3.05) is 0 Å².